The molecule has 0 N–H and O–H groups in total. The van der Waals surface area contributed by atoms with Gasteiger partial charge in [0.1, 0.15) is 6.10 Å². The van der Waals surface area contributed by atoms with Crippen LogP contribution < -0.4 is 0 Å². The number of methoxy groups -OCH3 is 1. The highest BCUT2D eigenvalue weighted by atomic mass is 35.5. The second-order valence-electron chi connectivity index (χ2n) is 2.88. The lowest BCUT2D eigenvalue weighted by Crippen LogP contribution is -2.15. The monoisotopic (exact) mass is 220 g/mol. The van der Waals surface area contributed by atoms with Gasteiger partial charge in [-0.1, -0.05) is 19.1 Å². The molecule has 1 unspecified atom stereocenters. The Labute approximate surface area is 90.0 Å². The lowest BCUT2D eigenvalue weighted by molar-refractivity contribution is 0.0493. The maximum atomic E-state index is 10.8. The molecule has 0 aliphatic carbocycles. The van der Waals surface area contributed by atoms with Crippen molar-refractivity contribution in [3.05, 3.63) is 12.7 Å². The third-order valence-electron chi connectivity index (χ3n) is 1.80. The summed E-state index contributed by atoms with van der Waals surface area (Å²) < 4.78 is 9.30. The van der Waals surface area contributed by atoms with E-state index in [0.29, 0.717) is 5.88 Å². The maximum absolute atomic E-state index is 10.8. The van der Waals surface area contributed by atoms with Gasteiger partial charge in [0.25, 0.3) is 0 Å². The molecule has 0 aromatic rings. The van der Waals surface area contributed by atoms with Crippen molar-refractivity contribution >= 4 is 17.8 Å². The summed E-state index contributed by atoms with van der Waals surface area (Å²) in [6.45, 7) is 3.59. The quantitative estimate of drug-likeness (QED) is 0.286. The minimum atomic E-state index is -0.660. The largest absolute Gasteiger partial charge is 0.508 e. The smallest absolute Gasteiger partial charge is 0.438 e. The summed E-state index contributed by atoms with van der Waals surface area (Å²) in [6, 6.07) is 0. The Hall–Kier alpha value is -0.700. The van der Waals surface area contributed by atoms with Gasteiger partial charge >= 0.3 is 6.16 Å². The van der Waals surface area contributed by atoms with Crippen molar-refractivity contribution in [2.75, 3.05) is 13.0 Å². The van der Waals surface area contributed by atoms with Crippen LogP contribution in [0, 0.1) is 0 Å². The summed E-state index contributed by atoms with van der Waals surface area (Å²) in [5.74, 6) is 0.677. The fraction of sp³-hybridized carbons (Fsp3) is 0.700. The lowest BCUT2D eigenvalue weighted by atomic mass is 10.1. The van der Waals surface area contributed by atoms with Gasteiger partial charge in [0, 0.05) is 5.88 Å². The summed E-state index contributed by atoms with van der Waals surface area (Å²) in [6.07, 6.45) is 4.47. The summed E-state index contributed by atoms with van der Waals surface area (Å²) >= 11 is 5.53. The molecular formula is C10H17ClO3. The minimum absolute atomic E-state index is 0.252. The molecule has 14 heavy (non-hydrogen) atoms. The van der Waals surface area contributed by atoms with Gasteiger partial charge in [0.15, 0.2) is 0 Å². The lowest BCUT2D eigenvalue weighted by Gasteiger charge is -2.12. The predicted octanol–water partition coefficient (Wildman–Crippen LogP) is 3.12. The molecule has 4 heteroatoms. The number of unbranched alkanes of at least 4 members (excludes halogenated alkanes) is 2. The third-order valence-corrected chi connectivity index (χ3v) is 2.07. The van der Waals surface area contributed by atoms with Gasteiger partial charge in [0.2, 0.25) is 0 Å². The van der Waals surface area contributed by atoms with E-state index in [2.05, 4.69) is 11.3 Å². The molecule has 0 heterocycles. The van der Waals surface area contributed by atoms with Crippen LogP contribution in [0.4, 0.5) is 4.79 Å². The van der Waals surface area contributed by atoms with Gasteiger partial charge in [-0.05, 0) is 19.3 Å². The molecule has 0 amide bonds. The Morgan fingerprint density at radius 2 is 2.21 bits per heavy atom. The fourth-order valence-electron chi connectivity index (χ4n) is 1.01. The number of hydrogen-bond donors (Lipinski definition) is 0. The molecule has 0 radical (unpaired) electrons. The number of halogens is 1. The number of carbonyl (C=O) groups excluding carboxylic acids is 1. The Kier molecular flexibility index (Phi) is 8.43. The SMILES string of the molecule is C=CC(CCCCCCl)OC(=O)OC. The normalized spacial score (nSPS) is 11.9. The van der Waals surface area contributed by atoms with Crippen LogP contribution in [0.15, 0.2) is 12.7 Å². The molecule has 0 fully saturated rings. The molecule has 0 aromatic carbocycles. The van der Waals surface area contributed by atoms with E-state index in [-0.39, 0.29) is 6.10 Å². The van der Waals surface area contributed by atoms with E-state index < -0.39 is 6.16 Å². The summed E-state index contributed by atoms with van der Waals surface area (Å²) in [7, 11) is 1.29. The average molecular weight is 221 g/mol. The number of rotatable bonds is 7. The Morgan fingerprint density at radius 3 is 2.71 bits per heavy atom. The summed E-state index contributed by atoms with van der Waals surface area (Å²) in [5.41, 5.74) is 0. The van der Waals surface area contributed by atoms with E-state index in [4.69, 9.17) is 16.3 Å². The van der Waals surface area contributed by atoms with Gasteiger partial charge in [0.05, 0.1) is 7.11 Å². The Balaban J connectivity index is 3.58. The first-order valence-electron chi connectivity index (χ1n) is 4.67. The van der Waals surface area contributed by atoms with Crippen molar-refractivity contribution in [2.24, 2.45) is 0 Å². The zero-order valence-corrected chi connectivity index (χ0v) is 9.26. The molecule has 82 valence electrons. The van der Waals surface area contributed by atoms with Crippen LogP contribution in [0.1, 0.15) is 25.7 Å². The molecule has 0 rings (SSSR count). The van der Waals surface area contributed by atoms with Gasteiger partial charge < -0.3 is 9.47 Å². The highest BCUT2D eigenvalue weighted by molar-refractivity contribution is 6.17. The molecule has 0 aliphatic heterocycles. The van der Waals surface area contributed by atoms with Gasteiger partial charge in [-0.15, -0.1) is 11.6 Å². The molecule has 3 nitrogen and oxygen atoms in total. The van der Waals surface area contributed by atoms with Crippen molar-refractivity contribution in [1.29, 1.82) is 0 Å². The van der Waals surface area contributed by atoms with Crippen LogP contribution in [0.2, 0.25) is 0 Å². The third kappa shape index (κ3) is 6.78. The average Bonchev–Trinajstić information content (AvgIpc) is 2.22. The number of alkyl halides is 1. The maximum Gasteiger partial charge on any atom is 0.508 e. The van der Waals surface area contributed by atoms with Gasteiger partial charge in [-0.2, -0.15) is 0 Å². The summed E-state index contributed by atoms with van der Waals surface area (Å²) in [4.78, 5) is 10.8. The molecular weight excluding hydrogens is 204 g/mol. The van der Waals surface area contributed by atoms with Crippen molar-refractivity contribution < 1.29 is 14.3 Å². The van der Waals surface area contributed by atoms with Crippen LogP contribution in [-0.2, 0) is 9.47 Å². The highest BCUT2D eigenvalue weighted by Crippen LogP contribution is 2.09. The first kappa shape index (κ1) is 13.3. The van der Waals surface area contributed by atoms with Crippen molar-refractivity contribution in [1.82, 2.24) is 0 Å². The number of carbonyl (C=O) groups is 1. The topological polar surface area (TPSA) is 35.5 Å². The van der Waals surface area contributed by atoms with Crippen LogP contribution in [-0.4, -0.2) is 25.2 Å². The van der Waals surface area contributed by atoms with Crippen molar-refractivity contribution in [3.8, 4) is 0 Å². The van der Waals surface area contributed by atoms with E-state index in [1.54, 1.807) is 6.08 Å². The number of hydrogen-bond acceptors (Lipinski definition) is 3. The zero-order valence-electron chi connectivity index (χ0n) is 8.50. The van der Waals surface area contributed by atoms with E-state index in [9.17, 15) is 4.79 Å². The van der Waals surface area contributed by atoms with E-state index in [1.165, 1.54) is 7.11 Å². The van der Waals surface area contributed by atoms with Crippen LogP contribution in [0.3, 0.4) is 0 Å². The van der Waals surface area contributed by atoms with Crippen LogP contribution in [0.25, 0.3) is 0 Å². The molecule has 0 aliphatic rings. The van der Waals surface area contributed by atoms with Crippen molar-refractivity contribution in [3.63, 3.8) is 0 Å². The molecule has 0 saturated heterocycles. The van der Waals surface area contributed by atoms with Crippen molar-refractivity contribution in [2.45, 2.75) is 31.8 Å². The van der Waals surface area contributed by atoms with Crippen LogP contribution >= 0.6 is 11.6 Å². The summed E-state index contributed by atoms with van der Waals surface area (Å²) in [5, 5.41) is 0. The predicted molar refractivity (Wildman–Crippen MR) is 56.7 cm³/mol. The fourth-order valence-corrected chi connectivity index (χ4v) is 1.20. The second kappa shape index (κ2) is 8.88. The van der Waals surface area contributed by atoms with E-state index in [0.717, 1.165) is 25.7 Å². The molecule has 0 saturated carbocycles. The first-order chi connectivity index (χ1) is 6.74. The Morgan fingerprint density at radius 1 is 1.50 bits per heavy atom. The molecule has 1 atom stereocenters. The minimum Gasteiger partial charge on any atom is -0.438 e. The van der Waals surface area contributed by atoms with Crippen LogP contribution in [0.5, 0.6) is 0 Å². The first-order valence-corrected chi connectivity index (χ1v) is 5.21. The molecule has 0 bridgehead atoms. The molecule has 0 spiro atoms. The molecule has 0 aromatic heterocycles. The standard InChI is InChI=1S/C10H17ClO3/c1-3-9(14-10(12)13-2)7-5-4-6-8-11/h3,9H,1,4-8H2,2H3. The van der Waals surface area contributed by atoms with Gasteiger partial charge in [-0.25, -0.2) is 4.79 Å². The van der Waals surface area contributed by atoms with E-state index in [1.807, 2.05) is 0 Å². The number of ether oxygens (including phenoxy) is 2. The van der Waals surface area contributed by atoms with E-state index >= 15 is 0 Å². The van der Waals surface area contributed by atoms with Gasteiger partial charge in [-0.3, -0.25) is 0 Å². The highest BCUT2D eigenvalue weighted by Gasteiger charge is 2.09. The zero-order chi connectivity index (χ0) is 10.8. The Bertz CT molecular complexity index is 171. The second-order valence-corrected chi connectivity index (χ2v) is 3.26.